The number of nitrogens with zero attached hydrogens (tertiary/aromatic N) is 1. The molecule has 8 heavy (non-hydrogen) atoms. The summed E-state index contributed by atoms with van der Waals surface area (Å²) in [6.45, 7) is 0. The second kappa shape index (κ2) is 2.17. The Bertz CT molecular complexity index is 223. The minimum atomic E-state index is -0.427. The fourth-order valence-electron chi connectivity index (χ4n) is 0.406. The molecule has 0 aliphatic heterocycles. The summed E-state index contributed by atoms with van der Waals surface area (Å²) in [6, 6.07) is 3.54. The largest absolute Gasteiger partial charge is 0.351 e. The Kier molecular flexibility index (Phi) is 1.52. The van der Waals surface area contributed by atoms with Gasteiger partial charge in [-0.1, -0.05) is 0 Å². The van der Waals surface area contributed by atoms with Crippen molar-refractivity contribution >= 4 is 22.1 Å². The molecular formula is C5H3ClNS+. The number of nitriles is 1. The van der Waals surface area contributed by atoms with E-state index in [1.165, 1.54) is 0 Å². The number of thiophene rings is 1. The second-order valence-electron chi connectivity index (χ2n) is 1.23. The summed E-state index contributed by atoms with van der Waals surface area (Å²) in [4.78, 5) is 0. The van der Waals surface area contributed by atoms with Crippen LogP contribution in [0.25, 0.3) is 0 Å². The summed E-state index contributed by atoms with van der Waals surface area (Å²) < 4.78 is 0.646. The number of rotatable bonds is 0. The van der Waals surface area contributed by atoms with Crippen LogP contribution < -0.4 is 0 Å². The summed E-state index contributed by atoms with van der Waals surface area (Å²) in [5.41, 5.74) is 0. The van der Waals surface area contributed by atoms with Crippen molar-refractivity contribution in [1.29, 1.82) is 5.26 Å². The van der Waals surface area contributed by atoms with Crippen molar-refractivity contribution in [3.63, 3.8) is 0 Å². The predicted octanol–water partition coefficient (Wildman–Crippen LogP) is 2.42. The van der Waals surface area contributed by atoms with Crippen LogP contribution in [0.3, 0.4) is 0 Å². The number of halogens is 1. The van der Waals surface area contributed by atoms with Crippen LogP contribution in [0.15, 0.2) is 17.5 Å². The van der Waals surface area contributed by atoms with Crippen molar-refractivity contribution in [2.75, 3.05) is 0 Å². The lowest BCUT2D eigenvalue weighted by Crippen LogP contribution is -1.44. The minimum Gasteiger partial charge on any atom is -0.130 e. The quantitative estimate of drug-likeness (QED) is 0.513. The monoisotopic (exact) mass is 144 g/mol. The first-order chi connectivity index (χ1) is 3.84. The van der Waals surface area contributed by atoms with E-state index in [1.807, 2.05) is 0 Å². The molecular weight excluding hydrogens is 142 g/mol. The fraction of sp³-hybridized carbons (Fsp3) is 0. The van der Waals surface area contributed by atoms with Crippen molar-refractivity contribution in [3.8, 4) is 5.40 Å². The van der Waals surface area contributed by atoms with Crippen molar-refractivity contribution in [1.82, 2.24) is 0 Å². The zero-order chi connectivity index (χ0) is 5.98. The smallest absolute Gasteiger partial charge is 0.130 e. The van der Waals surface area contributed by atoms with Crippen molar-refractivity contribution < 1.29 is 0 Å². The third-order valence-electron chi connectivity index (χ3n) is 0.750. The molecule has 0 spiro atoms. The lowest BCUT2D eigenvalue weighted by Gasteiger charge is -1.62. The van der Waals surface area contributed by atoms with E-state index in [0.717, 1.165) is 0 Å². The van der Waals surface area contributed by atoms with Crippen LogP contribution in [0.1, 0.15) is 0 Å². The van der Waals surface area contributed by atoms with Crippen LogP contribution in [0.4, 0.5) is 0 Å². The first kappa shape index (κ1) is 5.61. The molecule has 0 radical (unpaired) electrons. The predicted molar refractivity (Wildman–Crippen MR) is 34.9 cm³/mol. The molecule has 1 unspecified atom stereocenters. The molecule has 1 aromatic heterocycles. The van der Waals surface area contributed by atoms with Gasteiger partial charge in [0.15, 0.2) is 5.38 Å². The molecule has 1 nitrogen and oxygen atoms in total. The Hall–Kier alpha value is -0.520. The molecule has 1 aromatic rings. The summed E-state index contributed by atoms with van der Waals surface area (Å²) >= 11 is 5.57. The molecule has 1 atom stereocenters. The third-order valence-corrected chi connectivity index (χ3v) is 2.56. The van der Waals surface area contributed by atoms with Gasteiger partial charge >= 0.3 is 5.40 Å². The van der Waals surface area contributed by atoms with E-state index >= 15 is 0 Å². The van der Waals surface area contributed by atoms with Gasteiger partial charge in [-0.15, -0.1) is 5.26 Å². The molecule has 40 valence electrons. The van der Waals surface area contributed by atoms with Gasteiger partial charge < -0.3 is 0 Å². The van der Waals surface area contributed by atoms with Gasteiger partial charge in [-0.25, -0.2) is 0 Å². The van der Waals surface area contributed by atoms with Crippen LogP contribution in [-0.4, -0.2) is 0 Å². The van der Waals surface area contributed by atoms with E-state index < -0.39 is 10.5 Å². The molecule has 1 rings (SSSR count). The van der Waals surface area contributed by atoms with Gasteiger partial charge in [-0.2, -0.15) is 0 Å². The van der Waals surface area contributed by atoms with E-state index in [4.69, 9.17) is 16.9 Å². The molecule has 0 aliphatic carbocycles. The highest BCUT2D eigenvalue weighted by Gasteiger charge is 2.07. The van der Waals surface area contributed by atoms with Gasteiger partial charge in [0.1, 0.15) is 10.5 Å². The minimum absolute atomic E-state index is 0.427. The normalized spacial score (nSPS) is 10.8. The Morgan fingerprint density at radius 2 is 2.50 bits per heavy atom. The number of hydrogen-bond donors (Lipinski definition) is 0. The first-order valence-electron chi connectivity index (χ1n) is 2.01. The summed E-state index contributed by atoms with van der Waals surface area (Å²) in [7, 11) is -0.427. The molecule has 0 saturated heterocycles. The van der Waals surface area contributed by atoms with Gasteiger partial charge in [0.05, 0.1) is 0 Å². The highest BCUT2D eigenvalue weighted by molar-refractivity contribution is 7.38. The van der Waals surface area contributed by atoms with Gasteiger partial charge in [0.2, 0.25) is 0 Å². The van der Waals surface area contributed by atoms with Crippen LogP contribution in [-0.2, 0) is 0 Å². The maximum Gasteiger partial charge on any atom is 0.351 e. The molecule has 0 aromatic carbocycles. The zero-order valence-electron chi connectivity index (χ0n) is 3.97. The maximum absolute atomic E-state index is 8.32. The van der Waals surface area contributed by atoms with E-state index in [0.29, 0.717) is 4.34 Å². The highest BCUT2D eigenvalue weighted by atomic mass is 35.5. The average Bonchev–Trinajstić information content (AvgIpc) is 2.14. The van der Waals surface area contributed by atoms with E-state index in [1.54, 1.807) is 17.5 Å². The molecule has 0 aliphatic rings. The topological polar surface area (TPSA) is 23.8 Å². The lowest BCUT2D eigenvalue weighted by molar-refractivity contribution is 1.57. The zero-order valence-corrected chi connectivity index (χ0v) is 5.54. The van der Waals surface area contributed by atoms with Gasteiger partial charge in [0.25, 0.3) is 4.34 Å². The molecule has 0 N–H and O–H groups in total. The SMILES string of the molecule is N#C[s+]1cccc1Cl. The molecule has 3 heteroatoms. The molecule has 0 fully saturated rings. The Morgan fingerprint density at radius 3 is 2.75 bits per heavy atom. The first-order valence-corrected chi connectivity index (χ1v) is 3.68. The van der Waals surface area contributed by atoms with E-state index in [2.05, 4.69) is 5.40 Å². The van der Waals surface area contributed by atoms with Crippen LogP contribution in [0.2, 0.25) is 4.34 Å². The Labute approximate surface area is 55.1 Å². The van der Waals surface area contributed by atoms with Crippen molar-refractivity contribution in [2.24, 2.45) is 0 Å². The summed E-state index contributed by atoms with van der Waals surface area (Å²) in [5.74, 6) is 0. The molecule has 0 amide bonds. The van der Waals surface area contributed by atoms with Gasteiger partial charge in [-0.05, 0) is 17.7 Å². The second-order valence-corrected chi connectivity index (χ2v) is 3.43. The Balaban J connectivity index is 3.15. The van der Waals surface area contributed by atoms with Crippen LogP contribution in [0, 0.1) is 10.7 Å². The maximum atomic E-state index is 8.32. The summed E-state index contributed by atoms with van der Waals surface area (Å²) in [6.07, 6.45) is 0. The Morgan fingerprint density at radius 1 is 1.75 bits per heavy atom. The third kappa shape index (κ3) is 0.835. The standard InChI is InChI=1S/C5H3ClNS/c6-5-2-1-3-8(5)4-7/h1-3H/q+1. The average molecular weight is 145 g/mol. The highest BCUT2D eigenvalue weighted by Crippen LogP contribution is 2.27. The lowest BCUT2D eigenvalue weighted by atomic mass is 10.7. The van der Waals surface area contributed by atoms with Gasteiger partial charge in [-0.3, -0.25) is 0 Å². The van der Waals surface area contributed by atoms with E-state index in [-0.39, 0.29) is 0 Å². The van der Waals surface area contributed by atoms with Crippen molar-refractivity contribution in [2.45, 2.75) is 0 Å². The molecule has 0 bridgehead atoms. The molecule has 0 saturated carbocycles. The summed E-state index contributed by atoms with van der Waals surface area (Å²) in [5, 5.41) is 12.2. The fourth-order valence-corrected chi connectivity index (χ4v) is 1.48. The van der Waals surface area contributed by atoms with Crippen molar-refractivity contribution in [3.05, 3.63) is 21.8 Å². The van der Waals surface area contributed by atoms with Crippen LogP contribution >= 0.6 is 22.1 Å². The van der Waals surface area contributed by atoms with Gasteiger partial charge in [0, 0.05) is 6.07 Å². The van der Waals surface area contributed by atoms with E-state index in [9.17, 15) is 0 Å². The molecule has 1 heterocycles. The van der Waals surface area contributed by atoms with Crippen LogP contribution in [0.5, 0.6) is 0 Å². The number of hydrogen-bond acceptors (Lipinski definition) is 1.